The molecular weight excluding hydrogens is 463 g/mol. The van der Waals surface area contributed by atoms with Gasteiger partial charge in [-0.3, -0.25) is 4.79 Å². The quantitative estimate of drug-likeness (QED) is 0.564. The van der Waals surface area contributed by atoms with Crippen LogP contribution in [0, 0.1) is 11.8 Å². The zero-order chi connectivity index (χ0) is 26.9. The van der Waals surface area contributed by atoms with Crippen molar-refractivity contribution in [3.8, 4) is 6.01 Å². The van der Waals surface area contributed by atoms with Crippen molar-refractivity contribution >= 4 is 24.6 Å². The molecule has 0 saturated carbocycles. The van der Waals surface area contributed by atoms with Gasteiger partial charge < -0.3 is 29.0 Å². The van der Waals surface area contributed by atoms with Gasteiger partial charge in [0.1, 0.15) is 11.6 Å². The Morgan fingerprint density at radius 1 is 1.17 bits per heavy atom. The van der Waals surface area contributed by atoms with Gasteiger partial charge >= 0.3 is 19.2 Å². The predicted octanol–water partition coefficient (Wildman–Crippen LogP) is 2.55. The summed E-state index contributed by atoms with van der Waals surface area (Å²) in [6.45, 7) is 18.7. The molecule has 10 nitrogen and oxygen atoms in total. The van der Waals surface area contributed by atoms with E-state index in [4.69, 9.17) is 18.8 Å². The molecule has 1 aromatic heterocycles. The number of likely N-dealkylation sites (tertiary alicyclic amines) is 1. The first-order valence-corrected chi connectivity index (χ1v) is 12.7. The lowest BCUT2D eigenvalue weighted by Crippen LogP contribution is -2.51. The van der Waals surface area contributed by atoms with E-state index in [0.29, 0.717) is 19.7 Å². The highest BCUT2D eigenvalue weighted by Gasteiger charge is 2.52. The number of carbonyl (C=O) groups is 2. The Morgan fingerprint density at radius 3 is 2.28 bits per heavy atom. The average molecular weight is 504 g/mol. The second kappa shape index (κ2) is 10.5. The fourth-order valence-corrected chi connectivity index (χ4v) is 4.01. The minimum absolute atomic E-state index is 0.0730. The summed E-state index contributed by atoms with van der Waals surface area (Å²) in [5.74, 6) is -0.0350. The number of aromatic nitrogens is 2. The Hall–Kier alpha value is -2.40. The zero-order valence-electron chi connectivity index (χ0n) is 23.1. The first-order valence-electron chi connectivity index (χ1n) is 12.7. The van der Waals surface area contributed by atoms with Gasteiger partial charge in [0.15, 0.2) is 0 Å². The van der Waals surface area contributed by atoms with Crippen molar-refractivity contribution in [2.45, 2.75) is 91.6 Å². The second-order valence-corrected chi connectivity index (χ2v) is 12.0. The van der Waals surface area contributed by atoms with Gasteiger partial charge in [0.05, 0.1) is 17.8 Å². The van der Waals surface area contributed by atoms with Crippen LogP contribution in [0.4, 0.5) is 4.79 Å². The van der Waals surface area contributed by atoms with E-state index in [-0.39, 0.29) is 23.8 Å². The number of alkyl carbamates (subject to hydrolysis) is 1. The second-order valence-electron chi connectivity index (χ2n) is 12.0. The molecule has 2 unspecified atom stereocenters. The van der Waals surface area contributed by atoms with Crippen molar-refractivity contribution in [1.82, 2.24) is 20.2 Å². The summed E-state index contributed by atoms with van der Waals surface area (Å²) in [5, 5.41) is 2.74. The number of carbonyl (C=O) groups excluding carboxylic acids is 2. The maximum atomic E-state index is 13.1. The molecule has 0 spiro atoms. The molecule has 3 heterocycles. The zero-order valence-corrected chi connectivity index (χ0v) is 23.1. The highest BCUT2D eigenvalue weighted by atomic mass is 16.7. The summed E-state index contributed by atoms with van der Waals surface area (Å²) < 4.78 is 23.2. The van der Waals surface area contributed by atoms with Crippen LogP contribution in [0.1, 0.15) is 68.7 Å². The summed E-state index contributed by atoms with van der Waals surface area (Å²) in [5.41, 5.74) is -0.767. The molecule has 36 heavy (non-hydrogen) atoms. The maximum Gasteiger partial charge on any atom is 0.498 e. The Morgan fingerprint density at radius 2 is 1.75 bits per heavy atom. The first kappa shape index (κ1) is 28.2. The fraction of sp³-hybridized carbons (Fsp3) is 0.760. The number of ether oxygens (including phenoxy) is 2. The topological polar surface area (TPSA) is 112 Å². The lowest BCUT2D eigenvalue weighted by atomic mass is 9.81. The van der Waals surface area contributed by atoms with Gasteiger partial charge in [-0.05, 0) is 60.8 Å². The molecule has 2 atom stereocenters. The van der Waals surface area contributed by atoms with E-state index in [2.05, 4.69) is 15.3 Å². The number of hydrogen-bond acceptors (Lipinski definition) is 8. The van der Waals surface area contributed by atoms with Gasteiger partial charge in [-0.15, -0.1) is 0 Å². The Labute approximate surface area is 215 Å². The van der Waals surface area contributed by atoms with Crippen molar-refractivity contribution in [2.75, 3.05) is 19.7 Å². The lowest BCUT2D eigenvalue weighted by Gasteiger charge is -2.32. The van der Waals surface area contributed by atoms with Gasteiger partial charge in [-0.1, -0.05) is 13.8 Å². The number of hydrogen-bond donors (Lipinski definition) is 1. The van der Waals surface area contributed by atoms with E-state index in [0.717, 1.165) is 11.9 Å². The van der Waals surface area contributed by atoms with E-state index in [1.165, 1.54) is 0 Å². The largest absolute Gasteiger partial charge is 0.498 e. The lowest BCUT2D eigenvalue weighted by molar-refractivity contribution is -0.133. The highest BCUT2D eigenvalue weighted by Crippen LogP contribution is 2.36. The average Bonchev–Trinajstić information content (AvgIpc) is 3.30. The molecule has 2 amide bonds. The molecule has 200 valence electrons. The molecule has 0 aromatic carbocycles. The monoisotopic (exact) mass is 504 g/mol. The smallest absolute Gasteiger partial charge is 0.463 e. The maximum absolute atomic E-state index is 13.1. The molecule has 2 aliphatic rings. The Kier molecular flexibility index (Phi) is 8.25. The molecule has 0 aliphatic carbocycles. The summed E-state index contributed by atoms with van der Waals surface area (Å²) in [6.07, 6.45) is 3.53. The van der Waals surface area contributed by atoms with Gasteiger partial charge in [0, 0.05) is 36.9 Å². The fourth-order valence-electron chi connectivity index (χ4n) is 4.01. The third kappa shape index (κ3) is 6.88. The first-order chi connectivity index (χ1) is 16.6. The molecule has 2 saturated heterocycles. The van der Waals surface area contributed by atoms with Crippen LogP contribution in [-0.4, -0.2) is 76.5 Å². The molecule has 1 N–H and O–H groups in total. The van der Waals surface area contributed by atoms with Crippen LogP contribution in [0.5, 0.6) is 6.01 Å². The third-order valence-corrected chi connectivity index (χ3v) is 6.82. The predicted molar refractivity (Wildman–Crippen MR) is 136 cm³/mol. The summed E-state index contributed by atoms with van der Waals surface area (Å²) >= 11 is 0. The number of nitrogens with one attached hydrogen (secondary N) is 1. The van der Waals surface area contributed by atoms with Crippen molar-refractivity contribution in [3.63, 3.8) is 0 Å². The highest BCUT2D eigenvalue weighted by molar-refractivity contribution is 6.61. The van der Waals surface area contributed by atoms with E-state index in [1.807, 2.05) is 41.5 Å². The van der Waals surface area contributed by atoms with Crippen molar-refractivity contribution in [2.24, 2.45) is 11.8 Å². The molecule has 2 aliphatic heterocycles. The van der Waals surface area contributed by atoms with Gasteiger partial charge in [-0.2, -0.15) is 0 Å². The molecule has 0 bridgehead atoms. The van der Waals surface area contributed by atoms with Gasteiger partial charge in [-0.25, -0.2) is 14.8 Å². The SMILES string of the molecule is CC(C)C(NC(=O)OC(C)(C)C)C(=O)N1CCC(COc2ncc(B3OC(C)(C)C(C)(C)O3)cn2)C1. The molecule has 3 rings (SSSR count). The van der Waals surface area contributed by atoms with Crippen LogP contribution in [0.15, 0.2) is 12.4 Å². The number of amides is 2. The van der Waals surface area contributed by atoms with Crippen molar-refractivity contribution in [3.05, 3.63) is 12.4 Å². The van der Waals surface area contributed by atoms with Crippen LogP contribution in [-0.2, 0) is 18.8 Å². The van der Waals surface area contributed by atoms with E-state index in [1.54, 1.807) is 38.1 Å². The van der Waals surface area contributed by atoms with E-state index < -0.39 is 36.1 Å². The minimum Gasteiger partial charge on any atom is -0.463 e. The standard InChI is InChI=1S/C25H41BN4O6/c1-16(2)19(29-22(32)34-23(3,4)5)20(31)30-11-10-17(14-30)15-33-21-27-12-18(13-28-21)26-35-24(6,7)25(8,9)36-26/h12-13,16-17,19H,10-11,14-15H2,1-9H3,(H,29,32). The van der Waals surface area contributed by atoms with Gasteiger partial charge in [0.2, 0.25) is 5.91 Å². The number of nitrogens with zero attached hydrogens (tertiary/aromatic N) is 3. The summed E-state index contributed by atoms with van der Waals surface area (Å²) in [7, 11) is -0.526. The van der Waals surface area contributed by atoms with Crippen LogP contribution in [0.3, 0.4) is 0 Å². The van der Waals surface area contributed by atoms with E-state index >= 15 is 0 Å². The van der Waals surface area contributed by atoms with E-state index in [9.17, 15) is 9.59 Å². The minimum atomic E-state index is -0.648. The summed E-state index contributed by atoms with van der Waals surface area (Å²) in [4.78, 5) is 35.8. The van der Waals surface area contributed by atoms with Gasteiger partial charge in [0.25, 0.3) is 0 Å². The molecule has 0 radical (unpaired) electrons. The molecule has 11 heteroatoms. The number of rotatable bonds is 7. The van der Waals surface area contributed by atoms with Crippen molar-refractivity contribution < 1.29 is 28.4 Å². The summed E-state index contributed by atoms with van der Waals surface area (Å²) in [6, 6.07) is -0.378. The van der Waals surface area contributed by atoms with Crippen LogP contribution in [0.2, 0.25) is 0 Å². The normalized spacial score (nSPS) is 22.0. The van der Waals surface area contributed by atoms with Crippen LogP contribution < -0.4 is 15.5 Å². The molecular formula is C25H41BN4O6. The van der Waals surface area contributed by atoms with Crippen molar-refractivity contribution in [1.29, 1.82) is 0 Å². The molecule has 2 fully saturated rings. The Balaban J connectivity index is 1.50. The Bertz CT molecular complexity index is 915. The van der Waals surface area contributed by atoms with Crippen LogP contribution >= 0.6 is 0 Å². The van der Waals surface area contributed by atoms with Crippen LogP contribution in [0.25, 0.3) is 0 Å². The third-order valence-electron chi connectivity index (χ3n) is 6.82. The molecule has 1 aromatic rings.